The van der Waals surface area contributed by atoms with Crippen LogP contribution in [0, 0.1) is 0 Å². The topological polar surface area (TPSA) is 55.1 Å². The van der Waals surface area contributed by atoms with Crippen molar-refractivity contribution in [3.05, 3.63) is 17.8 Å². The van der Waals surface area contributed by atoms with Crippen LogP contribution in [0.2, 0.25) is 0 Å². The SMILES string of the molecule is CCc1ncc(C(=O)NC)o1. The fraction of sp³-hybridized carbons (Fsp3) is 0.429. The van der Waals surface area contributed by atoms with Gasteiger partial charge in [0.25, 0.3) is 5.91 Å². The van der Waals surface area contributed by atoms with Crippen LogP contribution in [0.25, 0.3) is 0 Å². The fourth-order valence-electron chi connectivity index (χ4n) is 0.702. The minimum absolute atomic E-state index is 0.239. The molecule has 0 aliphatic carbocycles. The molecule has 0 spiro atoms. The van der Waals surface area contributed by atoms with E-state index in [9.17, 15) is 4.79 Å². The molecule has 1 N–H and O–H groups in total. The number of hydrogen-bond donors (Lipinski definition) is 1. The Hall–Kier alpha value is -1.32. The number of nitrogens with one attached hydrogen (secondary N) is 1. The van der Waals surface area contributed by atoms with Crippen LogP contribution in [0.3, 0.4) is 0 Å². The molecule has 1 heterocycles. The highest BCUT2D eigenvalue weighted by molar-refractivity contribution is 5.90. The molecule has 1 rings (SSSR count). The summed E-state index contributed by atoms with van der Waals surface area (Å²) in [6.07, 6.45) is 2.13. The Morgan fingerprint density at radius 3 is 3.00 bits per heavy atom. The van der Waals surface area contributed by atoms with Crippen LogP contribution in [0.4, 0.5) is 0 Å². The lowest BCUT2D eigenvalue weighted by Crippen LogP contribution is -2.16. The summed E-state index contributed by atoms with van der Waals surface area (Å²) in [6, 6.07) is 0. The molecule has 0 saturated carbocycles. The first-order chi connectivity index (χ1) is 5.27. The normalized spacial score (nSPS) is 9.64. The second-order valence-corrected chi connectivity index (χ2v) is 2.05. The molecule has 1 amide bonds. The second kappa shape index (κ2) is 3.18. The molecule has 0 aliphatic rings. The maximum absolute atomic E-state index is 10.9. The van der Waals surface area contributed by atoms with E-state index in [4.69, 9.17) is 4.42 Å². The quantitative estimate of drug-likeness (QED) is 0.678. The molecular weight excluding hydrogens is 144 g/mol. The highest BCUT2D eigenvalue weighted by Crippen LogP contribution is 2.02. The lowest BCUT2D eigenvalue weighted by molar-refractivity contribution is 0.0934. The van der Waals surface area contributed by atoms with Crippen molar-refractivity contribution in [2.24, 2.45) is 0 Å². The first kappa shape index (κ1) is 7.78. The minimum atomic E-state index is -0.239. The van der Waals surface area contributed by atoms with E-state index in [1.807, 2.05) is 6.92 Å². The summed E-state index contributed by atoms with van der Waals surface area (Å²) in [6.45, 7) is 1.92. The van der Waals surface area contributed by atoms with Crippen molar-refractivity contribution in [2.45, 2.75) is 13.3 Å². The van der Waals surface area contributed by atoms with Gasteiger partial charge in [0.15, 0.2) is 5.89 Å². The van der Waals surface area contributed by atoms with Crippen LogP contribution in [-0.4, -0.2) is 17.9 Å². The van der Waals surface area contributed by atoms with E-state index in [0.29, 0.717) is 12.3 Å². The van der Waals surface area contributed by atoms with Gasteiger partial charge in [0.2, 0.25) is 5.76 Å². The van der Waals surface area contributed by atoms with Gasteiger partial charge in [-0.1, -0.05) is 6.92 Å². The van der Waals surface area contributed by atoms with Gasteiger partial charge >= 0.3 is 0 Å². The Labute approximate surface area is 64.6 Å². The standard InChI is InChI=1S/C7H10N2O2/c1-3-6-9-4-5(11-6)7(10)8-2/h4H,3H2,1-2H3,(H,8,10). The molecule has 0 saturated heterocycles. The molecule has 0 unspecified atom stereocenters. The molecule has 4 nitrogen and oxygen atoms in total. The lowest BCUT2D eigenvalue weighted by atomic mass is 10.5. The van der Waals surface area contributed by atoms with Crippen molar-refractivity contribution >= 4 is 5.91 Å². The van der Waals surface area contributed by atoms with Crippen molar-refractivity contribution in [1.29, 1.82) is 0 Å². The third-order valence-electron chi connectivity index (χ3n) is 1.31. The van der Waals surface area contributed by atoms with Gasteiger partial charge in [-0.3, -0.25) is 4.79 Å². The Bertz CT molecular complexity index is 255. The number of carbonyl (C=O) groups excluding carboxylic acids is 1. The van der Waals surface area contributed by atoms with Crippen LogP contribution < -0.4 is 5.32 Å². The van der Waals surface area contributed by atoms with E-state index in [0.717, 1.165) is 0 Å². The highest BCUT2D eigenvalue weighted by Gasteiger charge is 2.08. The number of aromatic nitrogens is 1. The first-order valence-electron chi connectivity index (χ1n) is 3.44. The van der Waals surface area contributed by atoms with Gasteiger partial charge in [-0.2, -0.15) is 0 Å². The molecule has 0 bridgehead atoms. The van der Waals surface area contributed by atoms with Gasteiger partial charge in [-0.25, -0.2) is 4.98 Å². The number of aryl methyl sites for hydroxylation is 1. The third kappa shape index (κ3) is 1.58. The van der Waals surface area contributed by atoms with Crippen molar-refractivity contribution in [3.63, 3.8) is 0 Å². The molecular formula is C7H10N2O2. The molecule has 0 radical (unpaired) electrons. The first-order valence-corrected chi connectivity index (χ1v) is 3.44. The Morgan fingerprint density at radius 1 is 1.82 bits per heavy atom. The number of oxazole rings is 1. The van der Waals surface area contributed by atoms with Gasteiger partial charge in [-0.15, -0.1) is 0 Å². The summed E-state index contributed by atoms with van der Waals surface area (Å²) in [5.74, 6) is 0.616. The number of nitrogens with zero attached hydrogens (tertiary/aromatic N) is 1. The maximum Gasteiger partial charge on any atom is 0.288 e. The van der Waals surface area contributed by atoms with Gasteiger partial charge in [0.05, 0.1) is 6.20 Å². The smallest absolute Gasteiger partial charge is 0.288 e. The van der Waals surface area contributed by atoms with E-state index in [2.05, 4.69) is 10.3 Å². The van der Waals surface area contributed by atoms with E-state index >= 15 is 0 Å². The zero-order chi connectivity index (χ0) is 8.27. The molecule has 4 heteroatoms. The monoisotopic (exact) mass is 154 g/mol. The summed E-state index contributed by atoms with van der Waals surface area (Å²) in [5.41, 5.74) is 0. The van der Waals surface area contributed by atoms with Gasteiger partial charge in [0, 0.05) is 13.5 Å². The molecule has 1 aromatic rings. The molecule has 1 aromatic heterocycles. The van der Waals surface area contributed by atoms with Gasteiger partial charge in [-0.05, 0) is 0 Å². The zero-order valence-corrected chi connectivity index (χ0v) is 6.55. The van der Waals surface area contributed by atoms with Crippen molar-refractivity contribution < 1.29 is 9.21 Å². The largest absolute Gasteiger partial charge is 0.436 e. The Morgan fingerprint density at radius 2 is 2.55 bits per heavy atom. The van der Waals surface area contributed by atoms with Crippen molar-refractivity contribution in [1.82, 2.24) is 10.3 Å². The van der Waals surface area contributed by atoms with Gasteiger partial charge < -0.3 is 9.73 Å². The summed E-state index contributed by atoms with van der Waals surface area (Å²) in [5, 5.41) is 2.45. The van der Waals surface area contributed by atoms with Crippen LogP contribution in [-0.2, 0) is 6.42 Å². The Balaban J connectivity index is 2.80. The summed E-state index contributed by atoms with van der Waals surface area (Å²) < 4.78 is 5.06. The second-order valence-electron chi connectivity index (χ2n) is 2.05. The van der Waals surface area contributed by atoms with Crippen molar-refractivity contribution in [2.75, 3.05) is 7.05 Å². The molecule has 60 valence electrons. The number of hydrogen-bond acceptors (Lipinski definition) is 3. The molecule has 0 aliphatic heterocycles. The zero-order valence-electron chi connectivity index (χ0n) is 6.55. The van der Waals surface area contributed by atoms with Crippen LogP contribution >= 0.6 is 0 Å². The maximum atomic E-state index is 10.9. The van der Waals surface area contributed by atoms with Gasteiger partial charge in [0.1, 0.15) is 0 Å². The van der Waals surface area contributed by atoms with E-state index in [1.165, 1.54) is 6.20 Å². The summed E-state index contributed by atoms with van der Waals surface area (Å²) in [7, 11) is 1.55. The lowest BCUT2D eigenvalue weighted by Gasteiger charge is -1.90. The van der Waals surface area contributed by atoms with Crippen LogP contribution in [0.1, 0.15) is 23.4 Å². The fourth-order valence-corrected chi connectivity index (χ4v) is 0.702. The highest BCUT2D eigenvalue weighted by atomic mass is 16.4. The number of rotatable bonds is 2. The Kier molecular flexibility index (Phi) is 2.25. The van der Waals surface area contributed by atoms with E-state index in [1.54, 1.807) is 7.05 Å². The van der Waals surface area contributed by atoms with Crippen LogP contribution in [0.5, 0.6) is 0 Å². The number of amides is 1. The number of carbonyl (C=O) groups is 1. The van der Waals surface area contributed by atoms with Crippen molar-refractivity contribution in [3.8, 4) is 0 Å². The van der Waals surface area contributed by atoms with Crippen LogP contribution in [0.15, 0.2) is 10.6 Å². The van der Waals surface area contributed by atoms with E-state index in [-0.39, 0.29) is 11.7 Å². The molecule has 0 fully saturated rings. The average Bonchev–Trinajstić information content (AvgIpc) is 2.50. The summed E-state index contributed by atoms with van der Waals surface area (Å²) in [4.78, 5) is 14.8. The predicted octanol–water partition coefficient (Wildman–Crippen LogP) is 0.597. The predicted molar refractivity (Wildman–Crippen MR) is 39.3 cm³/mol. The minimum Gasteiger partial charge on any atom is -0.436 e. The summed E-state index contributed by atoms with van der Waals surface area (Å²) >= 11 is 0. The van der Waals surface area contributed by atoms with E-state index < -0.39 is 0 Å². The third-order valence-corrected chi connectivity index (χ3v) is 1.31. The molecule has 0 aromatic carbocycles. The molecule has 11 heavy (non-hydrogen) atoms. The molecule has 0 atom stereocenters. The average molecular weight is 154 g/mol.